The quantitative estimate of drug-likeness (QED) is 0.923. The van der Waals surface area contributed by atoms with Crippen molar-refractivity contribution in [1.82, 2.24) is 10.2 Å². The zero-order valence-electron chi connectivity index (χ0n) is 10.2. The van der Waals surface area contributed by atoms with Crippen molar-refractivity contribution in [2.24, 2.45) is 0 Å². The number of amides is 1. The molecule has 1 atom stereocenters. The molecule has 1 aromatic rings. The summed E-state index contributed by atoms with van der Waals surface area (Å²) >= 11 is 9.49. The minimum atomic E-state index is 0.0116. The molecule has 1 unspecified atom stereocenters. The largest absolute Gasteiger partial charge is 0.335 e. The fraction of sp³-hybridized carbons (Fsp3) is 0.462. The topological polar surface area (TPSA) is 32.3 Å². The van der Waals surface area contributed by atoms with E-state index < -0.39 is 0 Å². The van der Waals surface area contributed by atoms with Gasteiger partial charge < -0.3 is 10.2 Å². The van der Waals surface area contributed by atoms with Gasteiger partial charge in [-0.2, -0.15) is 0 Å². The number of carbonyl (C=O) groups excluding carboxylic acids is 1. The van der Waals surface area contributed by atoms with E-state index in [-0.39, 0.29) is 11.9 Å². The summed E-state index contributed by atoms with van der Waals surface area (Å²) in [5.74, 6) is 0.0116. The van der Waals surface area contributed by atoms with Gasteiger partial charge in [-0.3, -0.25) is 4.79 Å². The molecule has 1 heterocycles. The van der Waals surface area contributed by atoms with Crippen LogP contribution in [-0.2, 0) is 0 Å². The number of hydrogen-bond donors (Lipinski definition) is 1. The van der Waals surface area contributed by atoms with E-state index >= 15 is 0 Å². The molecule has 0 spiro atoms. The van der Waals surface area contributed by atoms with Crippen LogP contribution in [0.15, 0.2) is 22.7 Å². The second-order valence-corrected chi connectivity index (χ2v) is 5.68. The van der Waals surface area contributed by atoms with Crippen LogP contribution < -0.4 is 5.32 Å². The molecule has 3 nitrogen and oxygen atoms in total. The fourth-order valence-corrected chi connectivity index (χ4v) is 2.85. The zero-order valence-corrected chi connectivity index (χ0v) is 12.6. The predicted molar refractivity (Wildman–Crippen MR) is 77.1 cm³/mol. The lowest BCUT2D eigenvalue weighted by atomic mass is 10.1. The summed E-state index contributed by atoms with van der Waals surface area (Å²) in [6, 6.07) is 5.65. The molecule has 1 aliphatic rings. The van der Waals surface area contributed by atoms with Crippen molar-refractivity contribution in [3.05, 3.63) is 33.3 Å². The van der Waals surface area contributed by atoms with E-state index in [2.05, 4.69) is 21.2 Å². The Bertz CT molecular complexity index is 447. The zero-order chi connectivity index (χ0) is 13.1. The Balaban J connectivity index is 2.25. The number of benzene rings is 1. The number of hydrogen-bond acceptors (Lipinski definition) is 2. The van der Waals surface area contributed by atoms with Gasteiger partial charge in [0.15, 0.2) is 0 Å². The summed E-state index contributed by atoms with van der Waals surface area (Å²) in [5, 5.41) is 3.79. The van der Waals surface area contributed by atoms with E-state index in [1.54, 1.807) is 12.1 Å². The Morgan fingerprint density at radius 2 is 2.39 bits per heavy atom. The highest BCUT2D eigenvalue weighted by atomic mass is 79.9. The van der Waals surface area contributed by atoms with Gasteiger partial charge in [0.1, 0.15) is 0 Å². The second kappa shape index (κ2) is 6.04. The minimum Gasteiger partial charge on any atom is -0.335 e. The highest BCUT2D eigenvalue weighted by molar-refractivity contribution is 9.10. The monoisotopic (exact) mass is 330 g/mol. The number of carbonyl (C=O) groups is 1. The molecule has 1 N–H and O–H groups in total. The summed E-state index contributed by atoms with van der Waals surface area (Å²) < 4.78 is 0.871. The highest BCUT2D eigenvalue weighted by Crippen LogP contribution is 2.24. The molecule has 1 amide bonds. The molecular weight excluding hydrogens is 316 g/mol. The summed E-state index contributed by atoms with van der Waals surface area (Å²) in [6.07, 6.45) is 1.01. The molecule has 1 aromatic carbocycles. The highest BCUT2D eigenvalue weighted by Gasteiger charge is 2.27. The number of nitrogens with one attached hydrogen (secondary N) is 1. The maximum absolute atomic E-state index is 12.5. The SMILES string of the molecule is CCN(C(=O)c1cc(Br)ccc1Cl)C1CCNC1. The molecule has 1 saturated heterocycles. The number of rotatable bonds is 3. The van der Waals surface area contributed by atoms with Gasteiger partial charge in [-0.25, -0.2) is 0 Å². The average Bonchev–Trinajstić information content (AvgIpc) is 2.87. The van der Waals surface area contributed by atoms with Gasteiger partial charge in [0, 0.05) is 23.6 Å². The molecule has 2 rings (SSSR count). The molecule has 1 fully saturated rings. The summed E-state index contributed by atoms with van der Waals surface area (Å²) in [5.41, 5.74) is 0.569. The Hall–Kier alpha value is -0.580. The third-order valence-electron chi connectivity index (χ3n) is 3.24. The van der Waals surface area contributed by atoms with Gasteiger partial charge in [-0.1, -0.05) is 27.5 Å². The van der Waals surface area contributed by atoms with Gasteiger partial charge in [-0.15, -0.1) is 0 Å². The summed E-state index contributed by atoms with van der Waals surface area (Å²) in [7, 11) is 0. The fourth-order valence-electron chi connectivity index (χ4n) is 2.29. The molecule has 0 bridgehead atoms. The molecular formula is C13H16BrClN2O. The third kappa shape index (κ3) is 2.87. The van der Waals surface area contributed by atoms with E-state index in [0.717, 1.165) is 24.0 Å². The van der Waals surface area contributed by atoms with Crippen LogP contribution in [0.2, 0.25) is 5.02 Å². The van der Waals surface area contributed by atoms with Gasteiger partial charge in [0.25, 0.3) is 5.91 Å². The van der Waals surface area contributed by atoms with Gasteiger partial charge in [0.05, 0.1) is 10.6 Å². The van der Waals surface area contributed by atoms with Gasteiger partial charge >= 0.3 is 0 Å². The Labute approximate surface area is 121 Å². The van der Waals surface area contributed by atoms with Crippen molar-refractivity contribution in [1.29, 1.82) is 0 Å². The first-order chi connectivity index (χ1) is 8.63. The lowest BCUT2D eigenvalue weighted by Gasteiger charge is -2.27. The van der Waals surface area contributed by atoms with Gasteiger partial charge in [0.2, 0.25) is 0 Å². The average molecular weight is 332 g/mol. The van der Waals surface area contributed by atoms with Gasteiger partial charge in [-0.05, 0) is 38.1 Å². The van der Waals surface area contributed by atoms with E-state index in [0.29, 0.717) is 17.1 Å². The first-order valence-electron chi connectivity index (χ1n) is 6.10. The van der Waals surface area contributed by atoms with E-state index in [1.165, 1.54) is 0 Å². The van der Waals surface area contributed by atoms with Crippen LogP contribution in [0.1, 0.15) is 23.7 Å². The lowest BCUT2D eigenvalue weighted by Crippen LogP contribution is -2.41. The molecule has 18 heavy (non-hydrogen) atoms. The smallest absolute Gasteiger partial charge is 0.255 e. The van der Waals surface area contributed by atoms with Crippen molar-refractivity contribution >= 4 is 33.4 Å². The maximum atomic E-state index is 12.5. The van der Waals surface area contributed by atoms with Crippen molar-refractivity contribution in [3.63, 3.8) is 0 Å². The molecule has 0 saturated carbocycles. The normalized spacial score (nSPS) is 18.9. The number of likely N-dealkylation sites (N-methyl/N-ethyl adjacent to an activating group) is 1. The second-order valence-electron chi connectivity index (χ2n) is 4.36. The molecule has 5 heteroatoms. The van der Waals surface area contributed by atoms with Crippen LogP contribution in [0.25, 0.3) is 0 Å². The van der Waals surface area contributed by atoms with Crippen LogP contribution in [0.4, 0.5) is 0 Å². The first-order valence-corrected chi connectivity index (χ1v) is 7.27. The van der Waals surface area contributed by atoms with E-state index in [4.69, 9.17) is 11.6 Å². The number of nitrogens with zero attached hydrogens (tertiary/aromatic N) is 1. The Morgan fingerprint density at radius 1 is 1.61 bits per heavy atom. The third-order valence-corrected chi connectivity index (χ3v) is 4.06. The number of halogens is 2. The minimum absolute atomic E-state index is 0.0116. The van der Waals surface area contributed by atoms with Crippen LogP contribution in [0, 0.1) is 0 Å². The Morgan fingerprint density at radius 3 is 3.00 bits per heavy atom. The summed E-state index contributed by atoms with van der Waals surface area (Å²) in [6.45, 7) is 4.54. The van der Waals surface area contributed by atoms with Crippen LogP contribution in [0.3, 0.4) is 0 Å². The maximum Gasteiger partial charge on any atom is 0.255 e. The Kier molecular flexibility index (Phi) is 4.65. The molecule has 98 valence electrons. The van der Waals surface area contributed by atoms with Crippen molar-refractivity contribution < 1.29 is 4.79 Å². The predicted octanol–water partition coefficient (Wildman–Crippen LogP) is 2.93. The standard InChI is InChI=1S/C13H16BrClN2O/c1-2-17(10-5-6-16-8-10)13(18)11-7-9(14)3-4-12(11)15/h3-4,7,10,16H,2,5-6,8H2,1H3. The van der Waals surface area contributed by atoms with Crippen LogP contribution >= 0.6 is 27.5 Å². The lowest BCUT2D eigenvalue weighted by molar-refractivity contribution is 0.0704. The van der Waals surface area contributed by atoms with Crippen molar-refractivity contribution in [2.75, 3.05) is 19.6 Å². The van der Waals surface area contributed by atoms with Crippen LogP contribution in [-0.4, -0.2) is 36.5 Å². The summed E-state index contributed by atoms with van der Waals surface area (Å²) in [4.78, 5) is 14.4. The van der Waals surface area contributed by atoms with Crippen molar-refractivity contribution in [3.8, 4) is 0 Å². The van der Waals surface area contributed by atoms with Crippen LogP contribution in [0.5, 0.6) is 0 Å². The molecule has 1 aliphatic heterocycles. The van der Waals surface area contributed by atoms with E-state index in [1.807, 2.05) is 17.9 Å². The van der Waals surface area contributed by atoms with E-state index in [9.17, 15) is 4.79 Å². The molecule has 0 aliphatic carbocycles. The first kappa shape index (κ1) is 13.8. The molecule has 0 radical (unpaired) electrons. The van der Waals surface area contributed by atoms with Crippen molar-refractivity contribution in [2.45, 2.75) is 19.4 Å². The molecule has 0 aromatic heterocycles.